The van der Waals surface area contributed by atoms with E-state index in [-0.39, 0.29) is 23.7 Å². The molecule has 1 aliphatic heterocycles. The summed E-state index contributed by atoms with van der Waals surface area (Å²) >= 11 is 49.5. The molecule has 1 saturated heterocycles. The van der Waals surface area contributed by atoms with Crippen LogP contribution in [-0.2, 0) is 32.1 Å². The number of anilines is 5. The summed E-state index contributed by atoms with van der Waals surface area (Å²) in [4.78, 5) is 39.3. The summed E-state index contributed by atoms with van der Waals surface area (Å²) in [6.45, 7) is 3.63. The van der Waals surface area contributed by atoms with E-state index in [0.717, 1.165) is 134 Å². The number of benzene rings is 9. The van der Waals surface area contributed by atoms with Gasteiger partial charge < -0.3 is 26.2 Å². The molecule has 18 rings (SSSR count). The first-order valence-electron chi connectivity index (χ1n) is 36.4. The van der Waals surface area contributed by atoms with Crippen molar-refractivity contribution in [2.24, 2.45) is 0 Å². The van der Waals surface area contributed by atoms with Gasteiger partial charge in [0.05, 0.1) is 63.0 Å². The molecule has 0 saturated carbocycles. The molecule has 0 amide bonds. The van der Waals surface area contributed by atoms with Crippen LogP contribution in [0, 0.1) is 0 Å². The fraction of sp³-hybridized carbons (Fsp3) is 0.205. The molecule has 0 radical (unpaired) electrons. The van der Waals surface area contributed by atoms with E-state index in [1.54, 1.807) is 0 Å². The van der Waals surface area contributed by atoms with Crippen molar-refractivity contribution in [2.75, 3.05) is 62.0 Å². The maximum absolute atomic E-state index is 6.35. The van der Waals surface area contributed by atoms with Gasteiger partial charge in [0.25, 0.3) is 0 Å². The number of hydrogen-bond donors (Lipinski definition) is 4. The minimum Gasteiger partial charge on any atom is -0.357 e. The summed E-state index contributed by atoms with van der Waals surface area (Å²) < 4.78 is 0. The number of aromatic nitrogens is 8. The Morgan fingerprint density at radius 3 is 0.927 bits per heavy atom. The van der Waals surface area contributed by atoms with Crippen LogP contribution < -0.4 is 21.3 Å². The number of rotatable bonds is 12. The predicted octanol–water partition coefficient (Wildman–Crippen LogP) is 23.5. The van der Waals surface area contributed by atoms with Gasteiger partial charge in [-0.15, -0.1) is 0 Å². The smallest absolute Gasteiger partial charge is 0.227 e. The lowest BCUT2D eigenvalue weighted by atomic mass is 9.78. The van der Waals surface area contributed by atoms with Crippen LogP contribution in [0.4, 0.5) is 29.5 Å². The minimum atomic E-state index is 0.179. The van der Waals surface area contributed by atoms with Gasteiger partial charge in [-0.2, -0.15) is 0 Å². The largest absolute Gasteiger partial charge is 0.357 e. The first kappa shape index (κ1) is 75.2. The average Bonchev–Trinajstić information content (AvgIpc) is 0.777. The van der Waals surface area contributed by atoms with Gasteiger partial charge in [-0.3, -0.25) is 0 Å². The van der Waals surface area contributed by atoms with Gasteiger partial charge in [0.1, 0.15) is 0 Å². The lowest BCUT2D eigenvalue weighted by molar-refractivity contribution is 0.231. The molecule has 109 heavy (non-hydrogen) atoms. The molecule has 5 heterocycles. The number of fused-ring (bicyclic) bond motifs is 12. The zero-order chi connectivity index (χ0) is 75.2. The molecule has 4 atom stereocenters. The Balaban J connectivity index is 0.000000118. The second-order valence-electron chi connectivity index (χ2n) is 27.6. The maximum atomic E-state index is 6.35. The Morgan fingerprint density at radius 1 is 0.330 bits per heavy atom. The fourth-order valence-electron chi connectivity index (χ4n) is 15.4. The third-order valence-electron chi connectivity index (χ3n) is 21.0. The van der Waals surface area contributed by atoms with Gasteiger partial charge in [0, 0.05) is 104 Å². The van der Waals surface area contributed by atoms with E-state index in [9.17, 15) is 0 Å². The average molecular weight is 1600 g/mol. The van der Waals surface area contributed by atoms with E-state index in [1.165, 1.54) is 60.2 Å². The molecule has 548 valence electrons. The summed E-state index contributed by atoms with van der Waals surface area (Å²) in [6.07, 6.45) is 16.2. The zero-order valence-electron chi connectivity index (χ0n) is 59.9. The Kier molecular flexibility index (Phi) is 23.4. The first-order valence-corrected chi connectivity index (χ1v) is 39.4. The van der Waals surface area contributed by atoms with Crippen LogP contribution in [0.25, 0.3) is 45.0 Å². The summed E-state index contributed by atoms with van der Waals surface area (Å²) in [7, 11) is 5.49. The van der Waals surface area contributed by atoms with Crippen LogP contribution in [0.3, 0.4) is 0 Å². The topological polar surface area (TPSA) is 154 Å². The third-order valence-corrected chi connectivity index (χ3v) is 23.9. The van der Waals surface area contributed by atoms with Crippen molar-refractivity contribution in [3.8, 4) is 45.0 Å². The van der Waals surface area contributed by atoms with Crippen molar-refractivity contribution >= 4 is 122 Å². The van der Waals surface area contributed by atoms with E-state index in [4.69, 9.17) is 97.8 Å². The van der Waals surface area contributed by atoms with E-state index in [1.807, 2.05) is 131 Å². The number of piperidine rings is 1. The van der Waals surface area contributed by atoms with Crippen molar-refractivity contribution in [2.45, 2.75) is 75.0 Å². The zero-order valence-corrected chi connectivity index (χ0v) is 66.0. The number of halogens is 8. The molecule has 0 bridgehead atoms. The van der Waals surface area contributed by atoms with Gasteiger partial charge in [0.15, 0.2) is 0 Å². The van der Waals surface area contributed by atoms with Crippen LogP contribution in [0.2, 0.25) is 40.2 Å². The Bertz CT molecular complexity index is 5140. The lowest BCUT2D eigenvalue weighted by Crippen LogP contribution is -2.31. The summed E-state index contributed by atoms with van der Waals surface area (Å²) in [5, 5.41) is 17.1. The lowest BCUT2D eigenvalue weighted by Gasteiger charge is -2.27. The van der Waals surface area contributed by atoms with Crippen molar-refractivity contribution in [1.82, 2.24) is 44.8 Å². The van der Waals surface area contributed by atoms with Gasteiger partial charge in [-0.05, 0) is 191 Å². The molecular weight excluding hydrogens is 1520 g/mol. The van der Waals surface area contributed by atoms with Crippen LogP contribution in [0.5, 0.6) is 0 Å². The summed E-state index contributed by atoms with van der Waals surface area (Å²) in [5.41, 5.74) is 25.1. The Hall–Kier alpha value is -9.22. The third kappa shape index (κ3) is 16.6. The van der Waals surface area contributed by atoms with E-state index in [2.05, 4.69) is 170 Å². The highest BCUT2D eigenvalue weighted by Crippen LogP contribution is 2.48. The van der Waals surface area contributed by atoms with Crippen LogP contribution >= 0.6 is 92.8 Å². The summed E-state index contributed by atoms with van der Waals surface area (Å²) in [5.74, 6) is 3.35. The monoisotopic (exact) mass is 1590 g/mol. The predicted molar refractivity (Wildman–Crippen MR) is 450 cm³/mol. The number of nitrogens with zero attached hydrogens (tertiary/aromatic N) is 9. The van der Waals surface area contributed by atoms with Gasteiger partial charge in [-0.25, -0.2) is 39.9 Å². The van der Waals surface area contributed by atoms with Gasteiger partial charge in [0.2, 0.25) is 23.8 Å². The van der Waals surface area contributed by atoms with E-state index in [0.29, 0.717) is 64.0 Å². The molecule has 0 spiro atoms. The van der Waals surface area contributed by atoms with Crippen molar-refractivity contribution in [3.63, 3.8) is 0 Å². The standard InChI is InChI=1S/C31H30Cl2N4.3C19H15Cl2N3/c32-28-13-10-22(19-29(28)33)27-18-23-20-34-31(36-30(23)26-7-3-2-6-25(26)27)35-24-11-8-21(9-12-24)14-17-37-15-4-1-5-16-37;3*1-22-19-23-10-12-8-15(11-6-7-16(20)17(21)9-11)13-4-2-3-5-14(13)18(12)24-19/h2-3,6-13,19-20,27H,1,4-5,14-18H2,(H,34,35,36);3*2-7,9-10,15H,8H2,1H3,(H,22,23,24)/t27-;2*15-;/m010./s1. The maximum Gasteiger partial charge on any atom is 0.227 e. The van der Waals surface area contributed by atoms with Crippen LogP contribution in [0.15, 0.2) is 219 Å². The molecule has 4 aromatic heterocycles. The highest BCUT2D eigenvalue weighted by Gasteiger charge is 2.33. The molecule has 21 heteroatoms. The fourth-order valence-corrected chi connectivity index (χ4v) is 16.7. The van der Waals surface area contributed by atoms with E-state index >= 15 is 0 Å². The highest BCUT2D eigenvalue weighted by molar-refractivity contribution is 6.43. The molecule has 1 fully saturated rings. The number of likely N-dealkylation sites (tertiary alicyclic amines) is 1. The van der Waals surface area contributed by atoms with Crippen molar-refractivity contribution in [3.05, 3.63) is 331 Å². The van der Waals surface area contributed by atoms with Gasteiger partial charge >= 0.3 is 0 Å². The van der Waals surface area contributed by atoms with Crippen molar-refractivity contribution in [1.29, 1.82) is 0 Å². The van der Waals surface area contributed by atoms with Crippen LogP contribution in [0.1, 0.15) is 115 Å². The Morgan fingerprint density at radius 2 is 0.624 bits per heavy atom. The van der Waals surface area contributed by atoms with Gasteiger partial charge in [-0.1, -0.05) is 233 Å². The molecule has 13 nitrogen and oxygen atoms in total. The van der Waals surface area contributed by atoms with Crippen LogP contribution in [-0.4, -0.2) is 85.5 Å². The molecule has 9 aromatic carbocycles. The molecule has 4 aliphatic carbocycles. The SMILES string of the molecule is CNc1ncc2c(n1)-c1ccccc1C(c1ccc(Cl)c(Cl)c1)C2.CNc1ncc2c(n1)-c1ccccc1[C@@H](c1ccc(Cl)c(Cl)c1)C2.CNc1ncc2c(n1)-c1ccccc1[C@H](c1ccc(Cl)c(Cl)c1)C2.Clc1ccc([C@@H]2Cc3cnc(Nc4ccc(CCN5CCCCC5)cc4)nc3-c3ccccc32)cc1Cl. The molecule has 13 aromatic rings. The van der Waals surface area contributed by atoms with E-state index < -0.39 is 0 Å². The molecule has 4 N–H and O–H groups in total. The molecule has 1 unspecified atom stereocenters. The minimum absolute atomic E-state index is 0.179. The summed E-state index contributed by atoms with van der Waals surface area (Å²) in [6, 6.07) is 65.8. The number of nitrogens with one attached hydrogen (secondary N) is 4. The second kappa shape index (κ2) is 34.0. The Labute approximate surface area is 675 Å². The van der Waals surface area contributed by atoms with Crippen molar-refractivity contribution < 1.29 is 0 Å². The second-order valence-corrected chi connectivity index (χ2v) is 30.8. The molecular formula is C88H75Cl8N13. The highest BCUT2D eigenvalue weighted by atomic mass is 35.5. The quantitative estimate of drug-likeness (QED) is 0.0918. The first-order chi connectivity index (χ1) is 53.1. The normalized spacial score (nSPS) is 16.1. The number of hydrogen-bond acceptors (Lipinski definition) is 13. The molecule has 5 aliphatic rings.